The van der Waals surface area contributed by atoms with E-state index in [1.165, 1.54) is 0 Å². The molecule has 51 heavy (non-hydrogen) atoms. The molecule has 0 aliphatic heterocycles. The van der Waals surface area contributed by atoms with E-state index in [1.807, 2.05) is 109 Å². The SMILES string of the molecule is NC(Cc1ccccc1)C(=O)NC(Cc1c[nH]c2ccccc12)C(=O)NC(Cc1ccccc1)C(=O)NC(Cc1c[nH]c2ccccc12)C(=O)O. The van der Waals surface area contributed by atoms with E-state index in [9.17, 15) is 24.3 Å². The van der Waals surface area contributed by atoms with Crippen molar-refractivity contribution in [3.8, 4) is 0 Å². The minimum atomic E-state index is -1.27. The van der Waals surface area contributed by atoms with Crippen LogP contribution >= 0.6 is 0 Å². The number of para-hydroxylation sites is 2. The maximum absolute atomic E-state index is 14.2. The zero-order valence-electron chi connectivity index (χ0n) is 27.8. The van der Waals surface area contributed by atoms with Gasteiger partial charge in [0.05, 0.1) is 6.04 Å². The number of nitrogens with one attached hydrogen (secondary N) is 5. The molecule has 6 aromatic rings. The highest BCUT2D eigenvalue weighted by atomic mass is 16.4. The van der Waals surface area contributed by atoms with Gasteiger partial charge in [0.1, 0.15) is 18.1 Å². The molecule has 0 aliphatic carbocycles. The third kappa shape index (κ3) is 8.70. The Morgan fingerprint density at radius 2 is 0.941 bits per heavy atom. The predicted octanol–water partition coefficient (Wildman–Crippen LogP) is 3.79. The minimum absolute atomic E-state index is 0.0235. The summed E-state index contributed by atoms with van der Waals surface area (Å²) >= 11 is 0. The number of carboxylic acid groups (broad SMARTS) is 1. The van der Waals surface area contributed by atoms with Crippen molar-refractivity contribution in [2.24, 2.45) is 5.73 Å². The van der Waals surface area contributed by atoms with Crippen LogP contribution < -0.4 is 21.7 Å². The van der Waals surface area contributed by atoms with Gasteiger partial charge in [-0.05, 0) is 40.8 Å². The lowest BCUT2D eigenvalue weighted by molar-refractivity contribution is -0.142. The molecule has 2 heterocycles. The average molecular weight is 685 g/mol. The molecule has 2 aromatic heterocycles. The van der Waals surface area contributed by atoms with E-state index in [0.717, 1.165) is 44.1 Å². The van der Waals surface area contributed by atoms with E-state index in [0.29, 0.717) is 0 Å². The Morgan fingerprint density at radius 3 is 1.47 bits per heavy atom. The number of hydrogen-bond acceptors (Lipinski definition) is 5. The Balaban J connectivity index is 1.24. The van der Waals surface area contributed by atoms with Gasteiger partial charge in [-0.15, -0.1) is 0 Å². The second-order valence-electron chi connectivity index (χ2n) is 12.6. The topological polar surface area (TPSA) is 182 Å². The standard InChI is InChI=1S/C40H40N6O5/c41-31(19-25-11-3-1-4-12-25)37(47)44-35(21-27-23-42-32-17-9-7-15-29(27)32)39(49)45-34(20-26-13-5-2-6-14-26)38(48)46-36(40(50)51)22-28-24-43-33-18-10-8-16-30(28)33/h1-18,23-24,31,34-36,42-43H,19-22,41H2,(H,44,47)(H,45,49)(H,46,48)(H,50,51). The smallest absolute Gasteiger partial charge is 0.326 e. The van der Waals surface area contributed by atoms with E-state index in [2.05, 4.69) is 25.9 Å². The van der Waals surface area contributed by atoms with Crippen LogP contribution in [0.3, 0.4) is 0 Å². The van der Waals surface area contributed by atoms with Crippen LogP contribution in [0.5, 0.6) is 0 Å². The molecule has 8 N–H and O–H groups in total. The summed E-state index contributed by atoms with van der Waals surface area (Å²) in [5.74, 6) is -3.01. The monoisotopic (exact) mass is 684 g/mol. The molecule has 0 spiro atoms. The fourth-order valence-corrected chi connectivity index (χ4v) is 6.29. The van der Waals surface area contributed by atoms with E-state index in [1.54, 1.807) is 12.4 Å². The third-order valence-corrected chi connectivity index (χ3v) is 9.00. The van der Waals surface area contributed by atoms with E-state index >= 15 is 0 Å². The molecule has 0 saturated carbocycles. The molecule has 3 amide bonds. The Hall–Kier alpha value is -6.20. The van der Waals surface area contributed by atoms with E-state index < -0.39 is 47.9 Å². The number of nitrogens with two attached hydrogens (primary N) is 1. The number of H-pyrrole nitrogens is 2. The van der Waals surface area contributed by atoms with Gasteiger partial charge in [-0.1, -0.05) is 97.1 Å². The van der Waals surface area contributed by atoms with Crippen LogP contribution in [-0.2, 0) is 44.9 Å². The molecule has 0 fully saturated rings. The van der Waals surface area contributed by atoms with Gasteiger partial charge in [0.15, 0.2) is 0 Å². The molecule has 4 atom stereocenters. The van der Waals surface area contributed by atoms with E-state index in [4.69, 9.17) is 5.73 Å². The Labute approximate surface area is 294 Å². The molecule has 11 nitrogen and oxygen atoms in total. The lowest BCUT2D eigenvalue weighted by Gasteiger charge is -2.25. The molecular weight excluding hydrogens is 644 g/mol. The summed E-state index contributed by atoms with van der Waals surface area (Å²) < 4.78 is 0. The third-order valence-electron chi connectivity index (χ3n) is 9.00. The number of fused-ring (bicyclic) bond motifs is 2. The summed E-state index contributed by atoms with van der Waals surface area (Å²) in [7, 11) is 0. The number of benzene rings is 4. The quantitative estimate of drug-likeness (QED) is 0.0864. The van der Waals surface area contributed by atoms with Crippen molar-refractivity contribution in [1.82, 2.24) is 25.9 Å². The van der Waals surface area contributed by atoms with Gasteiger partial charge >= 0.3 is 5.97 Å². The maximum atomic E-state index is 14.2. The summed E-state index contributed by atoms with van der Waals surface area (Å²) in [6.45, 7) is 0. The molecule has 0 bridgehead atoms. The van der Waals surface area contributed by atoms with Crippen LogP contribution in [0.4, 0.5) is 0 Å². The molecule has 0 saturated heterocycles. The number of aromatic amines is 2. The number of amides is 3. The van der Waals surface area contributed by atoms with Crippen molar-refractivity contribution in [3.05, 3.63) is 144 Å². The summed E-state index contributed by atoms with van der Waals surface area (Å²) in [6, 6.07) is 29.1. The normalized spacial score (nSPS) is 13.6. The zero-order chi connectivity index (χ0) is 35.7. The number of aliphatic carboxylic acids is 1. The maximum Gasteiger partial charge on any atom is 0.326 e. The number of carbonyl (C=O) groups is 4. The Kier molecular flexibility index (Phi) is 10.9. The highest BCUT2D eigenvalue weighted by Gasteiger charge is 2.31. The molecule has 11 heteroatoms. The Morgan fingerprint density at radius 1 is 0.529 bits per heavy atom. The highest BCUT2D eigenvalue weighted by Crippen LogP contribution is 2.21. The number of aromatic nitrogens is 2. The Bertz CT molecular complexity index is 2130. The first-order valence-corrected chi connectivity index (χ1v) is 16.8. The molecule has 4 unspecified atom stereocenters. The number of carboxylic acids is 1. The summed E-state index contributed by atoms with van der Waals surface area (Å²) in [5, 5.41) is 20.2. The van der Waals surface area contributed by atoms with Crippen LogP contribution in [0.1, 0.15) is 22.3 Å². The van der Waals surface area contributed by atoms with Crippen molar-refractivity contribution in [1.29, 1.82) is 0 Å². The first kappa shape index (κ1) is 34.7. The number of carbonyl (C=O) groups excluding carboxylic acids is 3. The first-order valence-electron chi connectivity index (χ1n) is 16.8. The molecule has 260 valence electrons. The van der Waals surface area contributed by atoms with Crippen molar-refractivity contribution in [2.45, 2.75) is 49.9 Å². The minimum Gasteiger partial charge on any atom is -0.480 e. The summed E-state index contributed by atoms with van der Waals surface area (Å²) in [6.07, 6.45) is 4.00. The second-order valence-corrected chi connectivity index (χ2v) is 12.6. The van der Waals surface area contributed by atoms with Gasteiger partial charge in [-0.3, -0.25) is 14.4 Å². The number of hydrogen-bond donors (Lipinski definition) is 7. The summed E-state index contributed by atoms with van der Waals surface area (Å²) in [4.78, 5) is 60.3. The van der Waals surface area contributed by atoms with Crippen LogP contribution in [0.15, 0.2) is 122 Å². The van der Waals surface area contributed by atoms with Crippen molar-refractivity contribution < 1.29 is 24.3 Å². The fraction of sp³-hybridized carbons (Fsp3) is 0.200. The molecule has 6 rings (SSSR count). The van der Waals surface area contributed by atoms with Gasteiger partial charge in [-0.2, -0.15) is 0 Å². The highest BCUT2D eigenvalue weighted by molar-refractivity contribution is 5.95. The molecule has 0 radical (unpaired) electrons. The van der Waals surface area contributed by atoms with Crippen molar-refractivity contribution >= 4 is 45.5 Å². The van der Waals surface area contributed by atoms with Gasteiger partial charge in [0.25, 0.3) is 0 Å². The van der Waals surface area contributed by atoms with Gasteiger partial charge in [0, 0.05) is 53.5 Å². The van der Waals surface area contributed by atoms with Crippen LogP contribution in [-0.4, -0.2) is 62.9 Å². The lowest BCUT2D eigenvalue weighted by atomic mass is 10.00. The van der Waals surface area contributed by atoms with Gasteiger partial charge < -0.3 is 36.8 Å². The molecule has 4 aromatic carbocycles. The van der Waals surface area contributed by atoms with Crippen LogP contribution in [0, 0.1) is 0 Å². The number of rotatable bonds is 15. The predicted molar refractivity (Wildman–Crippen MR) is 196 cm³/mol. The first-order chi connectivity index (χ1) is 24.7. The van der Waals surface area contributed by atoms with Crippen molar-refractivity contribution in [3.63, 3.8) is 0 Å². The van der Waals surface area contributed by atoms with Gasteiger partial charge in [-0.25, -0.2) is 4.79 Å². The van der Waals surface area contributed by atoms with E-state index in [-0.39, 0.29) is 25.7 Å². The van der Waals surface area contributed by atoms with Crippen LogP contribution in [0.2, 0.25) is 0 Å². The molecular formula is C40H40N6O5. The lowest BCUT2D eigenvalue weighted by Crippen LogP contribution is -2.58. The van der Waals surface area contributed by atoms with Crippen molar-refractivity contribution in [2.75, 3.05) is 0 Å². The zero-order valence-corrected chi connectivity index (χ0v) is 27.8. The average Bonchev–Trinajstić information content (AvgIpc) is 3.75. The second kappa shape index (κ2) is 16.0. The molecule has 0 aliphatic rings. The fourth-order valence-electron chi connectivity index (χ4n) is 6.29. The van der Waals surface area contributed by atoms with Crippen LogP contribution in [0.25, 0.3) is 21.8 Å². The summed E-state index contributed by atoms with van der Waals surface area (Å²) in [5.41, 5.74) is 11.2. The van der Waals surface area contributed by atoms with Gasteiger partial charge in [0.2, 0.25) is 17.7 Å². The largest absolute Gasteiger partial charge is 0.480 e.